The second kappa shape index (κ2) is 11.7. The number of rotatable bonds is 5. The lowest BCUT2D eigenvalue weighted by molar-refractivity contribution is 0.483. The van der Waals surface area contributed by atoms with Gasteiger partial charge in [-0.1, -0.05) is 86.5 Å². The second-order valence-corrected chi connectivity index (χ2v) is 13.8. The van der Waals surface area contributed by atoms with Crippen LogP contribution >= 0.6 is 0 Å². The zero-order chi connectivity index (χ0) is 39.9. The van der Waals surface area contributed by atoms with E-state index >= 15 is 0 Å². The maximum Gasteiger partial charge on any atom is 0.424 e. The van der Waals surface area contributed by atoms with Crippen molar-refractivity contribution < 1.29 is 13.0 Å². The van der Waals surface area contributed by atoms with Crippen LogP contribution in [0.5, 0.6) is 11.5 Å². The minimum absolute atomic E-state index is 0.0545. The Kier molecular flexibility index (Phi) is 5.73. The molecule has 0 amide bonds. The van der Waals surface area contributed by atoms with Crippen molar-refractivity contribution in [1.29, 1.82) is 0 Å². The van der Waals surface area contributed by atoms with Crippen molar-refractivity contribution in [3.8, 4) is 28.7 Å². The summed E-state index contributed by atoms with van der Waals surface area (Å²) in [5, 5.41) is 2.18. The Hall–Kier alpha value is -6.15. The molecule has 0 saturated heterocycles. The number of imidazole rings is 1. The lowest BCUT2D eigenvalue weighted by Gasteiger charge is -2.35. The molecule has 0 saturated carbocycles. The van der Waals surface area contributed by atoms with Crippen LogP contribution in [-0.2, 0) is 5.41 Å². The number of fused-ring (bicyclic) bond motifs is 5. The van der Waals surface area contributed by atoms with Gasteiger partial charge in [0, 0.05) is 36.8 Å². The van der Waals surface area contributed by atoms with Crippen LogP contribution in [0.25, 0.3) is 39.0 Å². The summed E-state index contributed by atoms with van der Waals surface area (Å²) in [6.07, 6.45) is 10.7. The van der Waals surface area contributed by atoms with Crippen molar-refractivity contribution in [3.05, 3.63) is 151 Å². The van der Waals surface area contributed by atoms with Crippen molar-refractivity contribution >= 4 is 45.9 Å². The van der Waals surface area contributed by atoms with Gasteiger partial charge in [-0.15, -0.1) is 0 Å². The lowest BCUT2D eigenvalue weighted by Crippen LogP contribution is -2.57. The normalized spacial score (nSPS) is 16.1. The first-order valence-corrected chi connectivity index (χ1v) is 16.9. The summed E-state index contributed by atoms with van der Waals surface area (Å²) in [6.45, 7) is 0.427. The molecule has 51 heavy (non-hydrogen) atoms. The van der Waals surface area contributed by atoms with E-state index in [2.05, 4.69) is 55.7 Å². The van der Waals surface area contributed by atoms with Crippen LogP contribution in [0.2, 0.25) is 0 Å². The fourth-order valence-corrected chi connectivity index (χ4v) is 7.09. The number of pyridine rings is 1. The number of benzene rings is 4. The molecule has 5 heterocycles. The molecule has 248 valence electrons. The summed E-state index contributed by atoms with van der Waals surface area (Å²) in [6, 6.07) is 30.5. The number of ether oxygens (including phenoxy) is 1. The third-order valence-corrected chi connectivity index (χ3v) is 9.56. The maximum absolute atomic E-state index is 8.47. The van der Waals surface area contributed by atoms with Gasteiger partial charge in [-0.2, -0.15) is 0 Å². The van der Waals surface area contributed by atoms with Gasteiger partial charge < -0.3 is 14.0 Å². The highest BCUT2D eigenvalue weighted by Crippen LogP contribution is 2.37. The summed E-state index contributed by atoms with van der Waals surface area (Å²) in [5.74, 6) is 3.42. The van der Waals surface area contributed by atoms with E-state index in [0.717, 1.165) is 27.6 Å². The van der Waals surface area contributed by atoms with Gasteiger partial charge in [0.15, 0.2) is 0 Å². The molecule has 0 N–H and O–H groups in total. The van der Waals surface area contributed by atoms with Crippen LogP contribution in [0.1, 0.15) is 45.7 Å². The van der Waals surface area contributed by atoms with Gasteiger partial charge >= 0.3 is 6.98 Å². The average Bonchev–Trinajstić information content (AvgIpc) is 3.74. The number of allylic oxidation sites excluding steroid dienone is 2. The summed E-state index contributed by atoms with van der Waals surface area (Å²) >= 11 is 0. The SMILES string of the molecule is [2H]C([2H])([2H])c1cccc(C([2H])([2H])[2H])c1B1N2C=CC=CC2=Nc2cnc(-c3cccc(Oc4ccc5c6ccccc6n(-c6cc(C(C)(C)C)ccn6)c5c4)c3)n21. The van der Waals surface area contributed by atoms with E-state index in [4.69, 9.17) is 27.9 Å². The van der Waals surface area contributed by atoms with Crippen molar-refractivity contribution in [2.75, 3.05) is 0 Å². The highest BCUT2D eigenvalue weighted by molar-refractivity contribution is 6.74. The summed E-state index contributed by atoms with van der Waals surface area (Å²) in [7, 11) is 0. The minimum Gasteiger partial charge on any atom is -0.457 e. The third-order valence-electron chi connectivity index (χ3n) is 9.56. The van der Waals surface area contributed by atoms with Crippen LogP contribution in [-0.4, -0.2) is 36.6 Å². The smallest absolute Gasteiger partial charge is 0.424 e. The van der Waals surface area contributed by atoms with Gasteiger partial charge in [0.05, 0.1) is 17.2 Å². The number of nitrogens with zero attached hydrogens (tertiary/aromatic N) is 6. The van der Waals surface area contributed by atoms with Crippen LogP contribution in [0.4, 0.5) is 5.82 Å². The van der Waals surface area contributed by atoms with E-state index in [-0.39, 0.29) is 22.0 Å². The Morgan fingerprint density at radius 1 is 0.765 bits per heavy atom. The quantitative estimate of drug-likeness (QED) is 0.171. The van der Waals surface area contributed by atoms with Crippen molar-refractivity contribution in [2.45, 2.75) is 39.9 Å². The molecule has 0 unspecified atom stereocenters. The largest absolute Gasteiger partial charge is 0.457 e. The number of hydrogen-bond acceptors (Lipinski definition) is 5. The van der Waals surface area contributed by atoms with Gasteiger partial charge in [0.1, 0.15) is 34.8 Å². The van der Waals surface area contributed by atoms with E-state index < -0.39 is 20.7 Å². The van der Waals surface area contributed by atoms with E-state index in [1.54, 1.807) is 27.8 Å². The van der Waals surface area contributed by atoms with Gasteiger partial charge in [-0.05, 0) is 91.0 Å². The molecule has 7 nitrogen and oxygen atoms in total. The molecular formula is C43H37BN6O. The number of para-hydroxylation sites is 1. The molecule has 2 aliphatic rings. The first-order chi connectivity index (χ1) is 27.2. The molecule has 0 bridgehead atoms. The minimum atomic E-state index is -2.60. The predicted molar refractivity (Wildman–Crippen MR) is 209 cm³/mol. The zero-order valence-electron chi connectivity index (χ0n) is 34.4. The van der Waals surface area contributed by atoms with E-state index in [0.29, 0.717) is 34.5 Å². The zero-order valence-corrected chi connectivity index (χ0v) is 28.4. The highest BCUT2D eigenvalue weighted by atomic mass is 16.5. The van der Waals surface area contributed by atoms with Gasteiger partial charge in [-0.25, -0.2) is 15.0 Å². The molecule has 3 aromatic heterocycles. The molecule has 0 radical (unpaired) electrons. The average molecular weight is 671 g/mol. The van der Waals surface area contributed by atoms with E-state index in [9.17, 15) is 0 Å². The Labute approximate surface area is 306 Å². The second-order valence-electron chi connectivity index (χ2n) is 13.8. The third kappa shape index (κ3) is 5.17. The molecular weight excluding hydrogens is 627 g/mol. The molecule has 8 heteroatoms. The number of aromatic nitrogens is 4. The van der Waals surface area contributed by atoms with Crippen molar-refractivity contribution in [2.24, 2.45) is 4.99 Å². The standard InChI is InChI=1S/C43H37BN6O/c1-28-12-10-13-29(2)41(28)44-48-23-9-8-18-38(48)47-40-27-46-42(50(40)44)30-14-11-15-32(24-30)51-33-19-20-35-34-16-6-7-17-36(34)49(37(35)26-33)39-25-31(21-22-45-39)43(3,4)5/h6-27H,1-5H3/i1D3,2D3. The van der Waals surface area contributed by atoms with Crippen LogP contribution < -0.4 is 10.2 Å². The van der Waals surface area contributed by atoms with Gasteiger partial charge in [0.25, 0.3) is 0 Å². The maximum atomic E-state index is 8.47. The van der Waals surface area contributed by atoms with Crippen molar-refractivity contribution in [3.63, 3.8) is 0 Å². The number of hydrogen-bond donors (Lipinski definition) is 0. The first kappa shape index (κ1) is 24.9. The van der Waals surface area contributed by atoms with E-state index in [1.165, 1.54) is 23.8 Å². The summed E-state index contributed by atoms with van der Waals surface area (Å²) in [5.41, 5.74) is 3.82. The van der Waals surface area contributed by atoms with Crippen molar-refractivity contribution in [1.82, 2.24) is 23.8 Å². The summed E-state index contributed by atoms with van der Waals surface area (Å²) < 4.78 is 61.3. The molecule has 0 fully saturated rings. The Morgan fingerprint density at radius 3 is 2.41 bits per heavy atom. The summed E-state index contributed by atoms with van der Waals surface area (Å²) in [4.78, 5) is 16.2. The molecule has 0 atom stereocenters. The highest BCUT2D eigenvalue weighted by Gasteiger charge is 2.39. The number of aryl methyl sites for hydroxylation is 2. The monoisotopic (exact) mass is 670 g/mol. The van der Waals surface area contributed by atoms with Crippen LogP contribution in [0.15, 0.2) is 139 Å². The Balaban J connectivity index is 1.16. The molecule has 0 spiro atoms. The molecule has 7 aromatic rings. The predicted octanol–water partition coefficient (Wildman–Crippen LogP) is 9.42. The Morgan fingerprint density at radius 2 is 1.57 bits per heavy atom. The first-order valence-electron chi connectivity index (χ1n) is 19.9. The fraction of sp³-hybridized carbons (Fsp3) is 0.140. The number of amidine groups is 1. The Bertz CT molecular complexity index is 2790. The fourth-order valence-electron chi connectivity index (χ4n) is 7.09. The van der Waals surface area contributed by atoms with E-state index in [1.807, 2.05) is 66.9 Å². The van der Waals surface area contributed by atoms with Crippen LogP contribution in [0.3, 0.4) is 0 Å². The molecule has 4 aromatic carbocycles. The number of aliphatic imine (C=N–C) groups is 1. The topological polar surface area (TPSA) is 60.5 Å². The molecule has 2 aliphatic heterocycles. The van der Waals surface area contributed by atoms with Gasteiger partial charge in [-0.3, -0.25) is 4.57 Å². The van der Waals surface area contributed by atoms with Crippen LogP contribution in [0, 0.1) is 13.7 Å². The molecule has 9 rings (SSSR count). The lowest BCUT2D eigenvalue weighted by atomic mass is 9.61. The van der Waals surface area contributed by atoms with Gasteiger partial charge in [0.2, 0.25) is 0 Å². The molecule has 0 aliphatic carbocycles.